The molecule has 0 aromatic heterocycles. The van der Waals surface area contributed by atoms with Crippen LogP contribution < -0.4 is 9.47 Å². The Bertz CT molecular complexity index is 1060. The summed E-state index contributed by atoms with van der Waals surface area (Å²) in [6.07, 6.45) is 6.81. The van der Waals surface area contributed by atoms with E-state index in [1.54, 1.807) is 36.4 Å². The maximum Gasteiger partial charge on any atom is 0.294 e. The zero-order valence-electron chi connectivity index (χ0n) is 16.0. The van der Waals surface area contributed by atoms with Crippen LogP contribution in [0.4, 0.5) is 9.18 Å². The van der Waals surface area contributed by atoms with Crippen molar-refractivity contribution < 1.29 is 23.5 Å². The number of imide groups is 1. The second-order valence-electron chi connectivity index (χ2n) is 6.12. The summed E-state index contributed by atoms with van der Waals surface area (Å²) >= 11 is 4.28. The lowest BCUT2D eigenvalue weighted by molar-refractivity contribution is -0.122. The Balaban J connectivity index is 1.88. The van der Waals surface area contributed by atoms with Crippen molar-refractivity contribution in [2.45, 2.75) is 13.5 Å². The third-order valence-corrected chi connectivity index (χ3v) is 5.58. The van der Waals surface area contributed by atoms with Crippen molar-refractivity contribution in [2.24, 2.45) is 0 Å². The average molecular weight is 490 g/mol. The van der Waals surface area contributed by atoms with E-state index in [0.29, 0.717) is 33.7 Å². The van der Waals surface area contributed by atoms with E-state index >= 15 is 0 Å². The van der Waals surface area contributed by atoms with Gasteiger partial charge in [-0.1, -0.05) is 24.1 Å². The summed E-state index contributed by atoms with van der Waals surface area (Å²) in [4.78, 5) is 25.6. The molecule has 1 aliphatic rings. The quantitative estimate of drug-likeness (QED) is 0.393. The first-order valence-corrected chi connectivity index (χ1v) is 10.6. The monoisotopic (exact) mass is 489 g/mol. The van der Waals surface area contributed by atoms with Gasteiger partial charge in [-0.2, -0.15) is 0 Å². The molecule has 2 amide bonds. The van der Waals surface area contributed by atoms with Crippen molar-refractivity contribution in [2.75, 3.05) is 13.2 Å². The molecule has 1 saturated heterocycles. The fourth-order valence-corrected chi connectivity index (χ4v) is 4.13. The number of terminal acetylenes is 1. The van der Waals surface area contributed by atoms with E-state index < -0.39 is 11.1 Å². The van der Waals surface area contributed by atoms with Crippen LogP contribution in [0, 0.1) is 18.2 Å². The molecule has 0 saturated carbocycles. The number of hydrogen-bond acceptors (Lipinski definition) is 5. The Kier molecular flexibility index (Phi) is 7.19. The molecule has 0 atom stereocenters. The molecule has 1 fully saturated rings. The molecular weight excluding hydrogens is 473 g/mol. The first kappa shape index (κ1) is 21.9. The predicted molar refractivity (Wildman–Crippen MR) is 118 cm³/mol. The van der Waals surface area contributed by atoms with Crippen LogP contribution in [0.25, 0.3) is 6.08 Å². The summed E-state index contributed by atoms with van der Waals surface area (Å²) in [6.45, 7) is 2.16. The number of benzene rings is 2. The molecule has 0 bridgehead atoms. The Labute approximate surface area is 186 Å². The zero-order chi connectivity index (χ0) is 21.7. The third kappa shape index (κ3) is 4.86. The normalized spacial score (nSPS) is 14.9. The number of carbonyl (C=O) groups excluding carboxylic acids is 2. The molecule has 3 rings (SSSR count). The third-order valence-electron chi connectivity index (χ3n) is 4.08. The van der Waals surface area contributed by atoms with Gasteiger partial charge in [-0.05, 0) is 64.5 Å². The lowest BCUT2D eigenvalue weighted by Crippen LogP contribution is -2.28. The Morgan fingerprint density at radius 1 is 1.27 bits per heavy atom. The van der Waals surface area contributed by atoms with Gasteiger partial charge in [0.25, 0.3) is 11.1 Å². The molecule has 2 aromatic rings. The molecule has 0 spiro atoms. The van der Waals surface area contributed by atoms with Gasteiger partial charge in [0.15, 0.2) is 11.5 Å². The molecule has 0 unspecified atom stereocenters. The van der Waals surface area contributed by atoms with Crippen LogP contribution in [0.3, 0.4) is 0 Å². The molecule has 8 heteroatoms. The maximum atomic E-state index is 13.9. The first-order chi connectivity index (χ1) is 14.4. The van der Waals surface area contributed by atoms with Crippen molar-refractivity contribution in [3.8, 4) is 23.8 Å². The first-order valence-electron chi connectivity index (χ1n) is 8.96. The summed E-state index contributed by atoms with van der Waals surface area (Å²) in [5.41, 5.74) is 1.05. The number of ether oxygens (including phenoxy) is 2. The summed E-state index contributed by atoms with van der Waals surface area (Å²) in [6, 6.07) is 9.78. The van der Waals surface area contributed by atoms with Crippen molar-refractivity contribution >= 4 is 44.9 Å². The second kappa shape index (κ2) is 9.83. The van der Waals surface area contributed by atoms with Gasteiger partial charge in [0.05, 0.1) is 22.5 Å². The topological polar surface area (TPSA) is 55.8 Å². The van der Waals surface area contributed by atoms with Crippen LogP contribution >= 0.6 is 27.7 Å². The average Bonchev–Trinajstić information content (AvgIpc) is 2.96. The van der Waals surface area contributed by atoms with Gasteiger partial charge in [0.2, 0.25) is 0 Å². The molecule has 154 valence electrons. The largest absolute Gasteiger partial charge is 0.490 e. The number of carbonyl (C=O) groups is 2. The van der Waals surface area contributed by atoms with Gasteiger partial charge in [-0.25, -0.2) is 4.39 Å². The smallest absolute Gasteiger partial charge is 0.294 e. The van der Waals surface area contributed by atoms with Gasteiger partial charge in [-0.15, -0.1) is 6.42 Å². The lowest BCUT2D eigenvalue weighted by atomic mass is 10.1. The van der Waals surface area contributed by atoms with Gasteiger partial charge in [0, 0.05) is 5.56 Å². The predicted octanol–water partition coefficient (Wildman–Crippen LogP) is 5.24. The van der Waals surface area contributed by atoms with Gasteiger partial charge in [0.1, 0.15) is 12.4 Å². The number of nitrogens with zero attached hydrogens (tertiary/aromatic N) is 1. The summed E-state index contributed by atoms with van der Waals surface area (Å²) in [5.74, 6) is 2.36. The van der Waals surface area contributed by atoms with Crippen LogP contribution in [0.2, 0.25) is 0 Å². The van der Waals surface area contributed by atoms with Crippen LogP contribution in [-0.2, 0) is 11.4 Å². The summed E-state index contributed by atoms with van der Waals surface area (Å²) in [7, 11) is 0. The lowest BCUT2D eigenvalue weighted by Gasteiger charge is -2.15. The number of thioether (sulfide) groups is 1. The van der Waals surface area contributed by atoms with Crippen LogP contribution in [0.15, 0.2) is 45.8 Å². The number of halogens is 2. The fourth-order valence-electron chi connectivity index (χ4n) is 2.72. The van der Waals surface area contributed by atoms with E-state index in [0.717, 1.165) is 16.7 Å². The van der Waals surface area contributed by atoms with Crippen molar-refractivity contribution in [3.63, 3.8) is 0 Å². The highest BCUT2D eigenvalue weighted by Crippen LogP contribution is 2.39. The molecule has 1 heterocycles. The summed E-state index contributed by atoms with van der Waals surface area (Å²) in [5, 5.41) is -0.405. The number of hydrogen-bond donors (Lipinski definition) is 0. The van der Waals surface area contributed by atoms with E-state index in [1.807, 2.05) is 6.92 Å². The summed E-state index contributed by atoms with van der Waals surface area (Å²) < 4.78 is 25.9. The van der Waals surface area contributed by atoms with Gasteiger partial charge >= 0.3 is 0 Å². The van der Waals surface area contributed by atoms with Gasteiger partial charge < -0.3 is 9.47 Å². The van der Waals surface area contributed by atoms with Crippen LogP contribution in [0.5, 0.6) is 11.5 Å². The van der Waals surface area contributed by atoms with E-state index in [4.69, 9.17) is 15.9 Å². The molecule has 0 radical (unpaired) electrons. The second-order valence-corrected chi connectivity index (χ2v) is 7.96. The highest BCUT2D eigenvalue weighted by Gasteiger charge is 2.34. The Morgan fingerprint density at radius 2 is 2.03 bits per heavy atom. The molecular formula is C22H17BrFNO4S. The maximum absolute atomic E-state index is 13.9. The van der Waals surface area contributed by atoms with E-state index in [-0.39, 0.29) is 23.9 Å². The van der Waals surface area contributed by atoms with Crippen molar-refractivity contribution in [1.29, 1.82) is 0 Å². The minimum Gasteiger partial charge on any atom is -0.490 e. The van der Waals surface area contributed by atoms with Crippen LogP contribution in [-0.4, -0.2) is 29.2 Å². The number of rotatable bonds is 7. The minimum atomic E-state index is -0.433. The molecule has 0 N–H and O–H groups in total. The minimum absolute atomic E-state index is 0.0235. The van der Waals surface area contributed by atoms with E-state index in [9.17, 15) is 14.0 Å². The molecule has 2 aromatic carbocycles. The standard InChI is InChI=1S/C22H17BrFNO4S/c1-3-9-25-21(26)19(30-22(25)27)12-14-10-16(23)20(18(11-14)28-4-2)29-13-15-7-5-6-8-17(15)24/h1,5-8,10-12H,4,9,13H2,2H3. The van der Waals surface area contributed by atoms with Crippen molar-refractivity contribution in [1.82, 2.24) is 4.90 Å². The molecule has 30 heavy (non-hydrogen) atoms. The Morgan fingerprint density at radius 3 is 2.73 bits per heavy atom. The molecule has 1 aliphatic heterocycles. The van der Waals surface area contributed by atoms with Gasteiger partial charge in [-0.3, -0.25) is 14.5 Å². The molecule has 5 nitrogen and oxygen atoms in total. The number of amides is 2. The van der Waals surface area contributed by atoms with Crippen LogP contribution in [0.1, 0.15) is 18.1 Å². The fraction of sp³-hybridized carbons (Fsp3) is 0.182. The highest BCUT2D eigenvalue weighted by molar-refractivity contribution is 9.10. The highest BCUT2D eigenvalue weighted by atomic mass is 79.9. The SMILES string of the molecule is C#CCN1C(=O)SC(=Cc2cc(Br)c(OCc3ccccc3F)c(OCC)c2)C1=O. The van der Waals surface area contributed by atoms with Crippen molar-refractivity contribution in [3.05, 3.63) is 62.7 Å². The molecule has 0 aliphatic carbocycles. The Hall–Kier alpha value is -2.76. The van der Waals surface area contributed by atoms with E-state index in [2.05, 4.69) is 21.9 Å². The zero-order valence-corrected chi connectivity index (χ0v) is 18.4. The van der Waals surface area contributed by atoms with E-state index in [1.165, 1.54) is 6.07 Å².